The van der Waals surface area contributed by atoms with E-state index < -0.39 is 0 Å². The Morgan fingerprint density at radius 1 is 1.33 bits per heavy atom. The molecule has 6 heteroatoms. The summed E-state index contributed by atoms with van der Waals surface area (Å²) in [6.45, 7) is 1.87. The van der Waals surface area contributed by atoms with Crippen LogP contribution in [-0.2, 0) is 26.1 Å². The third kappa shape index (κ3) is 3.17. The van der Waals surface area contributed by atoms with Gasteiger partial charge in [-0.15, -0.1) is 0 Å². The van der Waals surface area contributed by atoms with Crippen LogP contribution in [0, 0.1) is 5.82 Å². The molecule has 5 nitrogen and oxygen atoms in total. The SMILES string of the molecule is OCc1nc2c(c(NCc3cccc(F)c3)n1)CNCC2. The van der Waals surface area contributed by atoms with Crippen LogP contribution >= 0.6 is 0 Å². The fourth-order valence-corrected chi connectivity index (χ4v) is 2.44. The van der Waals surface area contributed by atoms with E-state index in [1.807, 2.05) is 6.07 Å². The Kier molecular flexibility index (Phi) is 4.08. The molecule has 21 heavy (non-hydrogen) atoms. The van der Waals surface area contributed by atoms with Crippen molar-refractivity contribution in [2.45, 2.75) is 26.1 Å². The van der Waals surface area contributed by atoms with E-state index in [0.717, 1.165) is 29.8 Å². The summed E-state index contributed by atoms with van der Waals surface area (Å²) < 4.78 is 13.2. The number of nitrogens with zero attached hydrogens (tertiary/aromatic N) is 2. The van der Waals surface area contributed by atoms with Gasteiger partial charge in [0.1, 0.15) is 18.2 Å². The van der Waals surface area contributed by atoms with Crippen molar-refractivity contribution in [1.29, 1.82) is 0 Å². The van der Waals surface area contributed by atoms with Crippen molar-refractivity contribution >= 4 is 5.82 Å². The lowest BCUT2D eigenvalue weighted by atomic mass is 10.1. The van der Waals surface area contributed by atoms with Crippen molar-refractivity contribution in [3.63, 3.8) is 0 Å². The minimum atomic E-state index is -0.253. The van der Waals surface area contributed by atoms with Crippen molar-refractivity contribution in [2.24, 2.45) is 0 Å². The number of aliphatic hydroxyl groups excluding tert-OH is 1. The molecule has 0 amide bonds. The van der Waals surface area contributed by atoms with Gasteiger partial charge in [0, 0.05) is 31.6 Å². The van der Waals surface area contributed by atoms with Crippen molar-refractivity contribution in [1.82, 2.24) is 15.3 Å². The zero-order valence-electron chi connectivity index (χ0n) is 11.6. The maximum Gasteiger partial charge on any atom is 0.156 e. The van der Waals surface area contributed by atoms with Gasteiger partial charge in [0.25, 0.3) is 0 Å². The molecule has 3 N–H and O–H groups in total. The summed E-state index contributed by atoms with van der Waals surface area (Å²) in [5, 5.41) is 15.8. The molecule has 1 aliphatic heterocycles. The monoisotopic (exact) mass is 288 g/mol. The van der Waals surface area contributed by atoms with E-state index in [-0.39, 0.29) is 12.4 Å². The Balaban J connectivity index is 1.84. The average molecular weight is 288 g/mol. The van der Waals surface area contributed by atoms with Crippen LogP contribution in [0.2, 0.25) is 0 Å². The predicted molar refractivity (Wildman–Crippen MR) is 77.1 cm³/mol. The third-order valence-electron chi connectivity index (χ3n) is 3.47. The Morgan fingerprint density at radius 2 is 2.24 bits per heavy atom. The Morgan fingerprint density at radius 3 is 3.05 bits per heavy atom. The van der Waals surface area contributed by atoms with Gasteiger partial charge in [0.05, 0.1) is 5.69 Å². The maximum absolute atomic E-state index is 13.2. The smallest absolute Gasteiger partial charge is 0.156 e. The number of hydrogen-bond acceptors (Lipinski definition) is 5. The first-order chi connectivity index (χ1) is 10.3. The Labute approximate surface area is 122 Å². The van der Waals surface area contributed by atoms with Crippen molar-refractivity contribution in [3.8, 4) is 0 Å². The maximum atomic E-state index is 13.2. The molecule has 0 aliphatic carbocycles. The highest BCUT2D eigenvalue weighted by molar-refractivity contribution is 5.48. The van der Waals surface area contributed by atoms with Gasteiger partial charge in [-0.25, -0.2) is 14.4 Å². The second kappa shape index (κ2) is 6.15. The largest absolute Gasteiger partial charge is 0.388 e. The molecule has 0 atom stereocenters. The van der Waals surface area contributed by atoms with Gasteiger partial charge >= 0.3 is 0 Å². The Hall–Kier alpha value is -2.05. The Bertz CT molecular complexity index is 648. The van der Waals surface area contributed by atoms with Crippen LogP contribution in [0.25, 0.3) is 0 Å². The van der Waals surface area contributed by atoms with E-state index in [1.165, 1.54) is 12.1 Å². The summed E-state index contributed by atoms with van der Waals surface area (Å²) in [5.74, 6) is 0.870. The van der Waals surface area contributed by atoms with Gasteiger partial charge in [-0.2, -0.15) is 0 Å². The molecule has 2 heterocycles. The average Bonchev–Trinajstić information content (AvgIpc) is 2.52. The molecule has 1 aromatic heterocycles. The first kappa shape index (κ1) is 13.9. The highest BCUT2D eigenvalue weighted by Crippen LogP contribution is 2.21. The lowest BCUT2D eigenvalue weighted by molar-refractivity contribution is 0.270. The highest BCUT2D eigenvalue weighted by Gasteiger charge is 2.17. The molecule has 110 valence electrons. The molecule has 1 aromatic carbocycles. The number of fused-ring (bicyclic) bond motifs is 1. The molecule has 0 saturated heterocycles. The minimum Gasteiger partial charge on any atom is -0.388 e. The normalized spacial score (nSPS) is 13.8. The summed E-state index contributed by atoms with van der Waals surface area (Å²) in [6.07, 6.45) is 0.819. The number of hydrogen-bond donors (Lipinski definition) is 3. The van der Waals surface area contributed by atoms with E-state index in [2.05, 4.69) is 20.6 Å². The lowest BCUT2D eigenvalue weighted by Gasteiger charge is -2.20. The van der Waals surface area contributed by atoms with E-state index in [1.54, 1.807) is 6.07 Å². The molecule has 0 saturated carbocycles. The highest BCUT2D eigenvalue weighted by atomic mass is 19.1. The number of benzene rings is 1. The minimum absolute atomic E-state index is 0.185. The van der Waals surface area contributed by atoms with Gasteiger partial charge in [-0.05, 0) is 17.7 Å². The van der Waals surface area contributed by atoms with Crippen LogP contribution in [0.5, 0.6) is 0 Å². The molecule has 0 unspecified atom stereocenters. The van der Waals surface area contributed by atoms with E-state index in [4.69, 9.17) is 0 Å². The van der Waals surface area contributed by atoms with Crippen LogP contribution < -0.4 is 10.6 Å². The third-order valence-corrected chi connectivity index (χ3v) is 3.47. The van der Waals surface area contributed by atoms with Gasteiger partial charge in [-0.3, -0.25) is 0 Å². The first-order valence-electron chi connectivity index (χ1n) is 6.95. The summed E-state index contributed by atoms with van der Waals surface area (Å²) in [7, 11) is 0. The van der Waals surface area contributed by atoms with Crippen LogP contribution in [0.15, 0.2) is 24.3 Å². The molecule has 1 aliphatic rings. The molecular formula is C15H17FN4O. The molecule has 0 fully saturated rings. The van der Waals surface area contributed by atoms with E-state index in [9.17, 15) is 9.50 Å². The summed E-state index contributed by atoms with van der Waals surface area (Å²) in [4.78, 5) is 8.70. The molecule has 2 aromatic rings. The molecule has 0 bridgehead atoms. The summed E-state index contributed by atoms with van der Waals surface area (Å²) in [5.41, 5.74) is 2.83. The van der Waals surface area contributed by atoms with Gasteiger partial charge in [0.2, 0.25) is 0 Å². The predicted octanol–water partition coefficient (Wildman–Crippen LogP) is 1.37. The van der Waals surface area contributed by atoms with E-state index >= 15 is 0 Å². The number of anilines is 1. The fraction of sp³-hybridized carbons (Fsp3) is 0.333. The second-order valence-electron chi connectivity index (χ2n) is 4.98. The van der Waals surface area contributed by atoms with Crippen LogP contribution in [0.1, 0.15) is 22.6 Å². The summed E-state index contributed by atoms with van der Waals surface area (Å²) >= 11 is 0. The number of halogens is 1. The molecular weight excluding hydrogens is 271 g/mol. The lowest BCUT2D eigenvalue weighted by Crippen LogP contribution is -2.27. The molecule has 0 spiro atoms. The second-order valence-corrected chi connectivity index (χ2v) is 4.98. The fourth-order valence-electron chi connectivity index (χ4n) is 2.44. The van der Waals surface area contributed by atoms with Crippen molar-refractivity contribution < 1.29 is 9.50 Å². The number of nitrogens with one attached hydrogen (secondary N) is 2. The van der Waals surface area contributed by atoms with Crippen molar-refractivity contribution in [2.75, 3.05) is 11.9 Å². The van der Waals surface area contributed by atoms with Crippen LogP contribution in [0.3, 0.4) is 0 Å². The summed E-state index contributed by atoms with van der Waals surface area (Å²) in [6, 6.07) is 6.45. The first-order valence-corrected chi connectivity index (χ1v) is 6.95. The van der Waals surface area contributed by atoms with Crippen molar-refractivity contribution in [3.05, 3.63) is 52.7 Å². The number of aromatic nitrogens is 2. The van der Waals surface area contributed by atoms with Crippen LogP contribution in [0.4, 0.5) is 10.2 Å². The van der Waals surface area contributed by atoms with Gasteiger partial charge < -0.3 is 15.7 Å². The zero-order chi connectivity index (χ0) is 14.7. The standard InChI is InChI=1S/C15H17FN4O/c16-11-3-1-2-10(6-11)7-18-15-12-8-17-5-4-13(12)19-14(9-21)20-15/h1-3,6,17,21H,4-5,7-9H2,(H,18,19,20). The number of aliphatic hydroxyl groups is 1. The number of rotatable bonds is 4. The van der Waals surface area contributed by atoms with E-state index in [0.29, 0.717) is 24.7 Å². The van der Waals surface area contributed by atoms with Gasteiger partial charge in [-0.1, -0.05) is 12.1 Å². The quantitative estimate of drug-likeness (QED) is 0.792. The molecule has 0 radical (unpaired) electrons. The zero-order valence-corrected chi connectivity index (χ0v) is 11.6. The van der Waals surface area contributed by atoms with Crippen LogP contribution in [-0.4, -0.2) is 21.6 Å². The van der Waals surface area contributed by atoms with Gasteiger partial charge in [0.15, 0.2) is 5.82 Å². The molecule has 3 rings (SSSR count). The topological polar surface area (TPSA) is 70.1 Å².